The highest BCUT2D eigenvalue weighted by Gasteiger charge is 2.12. The highest BCUT2D eigenvalue weighted by Crippen LogP contribution is 2.27. The number of phenols is 1. The Morgan fingerprint density at radius 3 is 2.65 bits per heavy atom. The lowest BCUT2D eigenvalue weighted by Gasteiger charge is -2.10. The summed E-state index contributed by atoms with van der Waals surface area (Å²) >= 11 is 0. The number of nitrogens with one attached hydrogen (secondary N) is 1. The molecule has 0 atom stereocenters. The van der Waals surface area contributed by atoms with Crippen LogP contribution in [0.25, 0.3) is 22.3 Å². The van der Waals surface area contributed by atoms with Gasteiger partial charge in [0.1, 0.15) is 5.75 Å². The Morgan fingerprint density at radius 2 is 1.88 bits per heavy atom. The van der Waals surface area contributed by atoms with Gasteiger partial charge in [0.25, 0.3) is 5.56 Å². The van der Waals surface area contributed by atoms with Crippen molar-refractivity contribution in [2.24, 2.45) is 0 Å². The number of rotatable bonds is 3. The maximum atomic E-state index is 12.4. The molecule has 2 N–H and O–H groups in total. The topological polar surface area (TPSA) is 101 Å². The fourth-order valence-corrected chi connectivity index (χ4v) is 2.82. The second-order valence-corrected chi connectivity index (χ2v) is 5.79. The van der Waals surface area contributed by atoms with E-state index >= 15 is 0 Å². The van der Waals surface area contributed by atoms with Crippen molar-refractivity contribution in [2.45, 2.75) is 6.54 Å². The molecule has 0 radical (unpaired) electrons. The van der Waals surface area contributed by atoms with E-state index in [-0.39, 0.29) is 17.9 Å². The number of hydrogen-bond donors (Lipinski definition) is 2. The predicted molar refractivity (Wildman–Crippen MR) is 97.1 cm³/mol. The fraction of sp³-hybridized carbons (Fsp3) is 0.0526. The van der Waals surface area contributed by atoms with E-state index in [1.165, 1.54) is 4.57 Å². The van der Waals surface area contributed by atoms with Crippen LogP contribution in [0.3, 0.4) is 0 Å². The van der Waals surface area contributed by atoms with Crippen LogP contribution in [0.4, 0.5) is 0 Å². The molecule has 0 saturated heterocycles. The Kier molecular flexibility index (Phi) is 3.81. The third-order valence-corrected chi connectivity index (χ3v) is 4.08. The molecule has 0 aliphatic rings. The summed E-state index contributed by atoms with van der Waals surface area (Å²) in [5.74, 6) is 0.0744. The van der Waals surface area contributed by atoms with Crippen molar-refractivity contribution in [1.82, 2.24) is 19.5 Å². The maximum absolute atomic E-state index is 12.4. The minimum absolute atomic E-state index is 0.0744. The van der Waals surface area contributed by atoms with E-state index in [4.69, 9.17) is 0 Å². The molecule has 1 aromatic carbocycles. The van der Waals surface area contributed by atoms with Crippen molar-refractivity contribution >= 4 is 11.0 Å². The molecule has 7 nitrogen and oxygen atoms in total. The third kappa shape index (κ3) is 2.75. The molecule has 0 amide bonds. The molecule has 128 valence electrons. The van der Waals surface area contributed by atoms with Crippen LogP contribution in [0.1, 0.15) is 5.56 Å². The molecule has 0 bridgehead atoms. The molecule has 4 aromatic rings. The average Bonchev–Trinajstić information content (AvgIpc) is 2.66. The summed E-state index contributed by atoms with van der Waals surface area (Å²) in [6.07, 6.45) is 3.29. The van der Waals surface area contributed by atoms with E-state index in [0.29, 0.717) is 16.6 Å². The first kappa shape index (κ1) is 15.8. The molecule has 0 spiro atoms. The summed E-state index contributed by atoms with van der Waals surface area (Å²) in [5.41, 5.74) is 1.01. The number of aromatic hydroxyl groups is 1. The van der Waals surface area contributed by atoms with Crippen LogP contribution in [-0.2, 0) is 6.54 Å². The van der Waals surface area contributed by atoms with E-state index in [0.717, 1.165) is 5.56 Å². The monoisotopic (exact) mass is 346 g/mol. The predicted octanol–water partition coefficient (Wildman–Crippen LogP) is 1.90. The molecule has 0 aliphatic heterocycles. The van der Waals surface area contributed by atoms with Crippen LogP contribution in [0.5, 0.6) is 5.75 Å². The number of fused-ring (bicyclic) bond motifs is 1. The molecule has 0 aliphatic carbocycles. The highest BCUT2D eigenvalue weighted by molar-refractivity contribution is 5.79. The maximum Gasteiger partial charge on any atom is 0.330 e. The molecule has 26 heavy (non-hydrogen) atoms. The van der Waals surface area contributed by atoms with Crippen molar-refractivity contribution < 1.29 is 5.11 Å². The molecule has 0 saturated carbocycles. The van der Waals surface area contributed by atoms with E-state index in [1.807, 2.05) is 6.07 Å². The largest absolute Gasteiger partial charge is 0.507 e. The summed E-state index contributed by atoms with van der Waals surface area (Å²) in [5, 5.41) is 10.4. The van der Waals surface area contributed by atoms with E-state index in [1.54, 1.807) is 54.9 Å². The minimum atomic E-state index is -0.548. The summed E-state index contributed by atoms with van der Waals surface area (Å²) in [7, 11) is 0. The number of benzene rings is 1. The number of H-pyrrole nitrogens is 1. The van der Waals surface area contributed by atoms with Gasteiger partial charge >= 0.3 is 5.69 Å². The SMILES string of the molecule is O=c1[nH]c(=O)n(Cc2cccnc2)c2nc(-c3ccccc3O)ccc12. The van der Waals surface area contributed by atoms with Gasteiger partial charge in [-0.1, -0.05) is 18.2 Å². The van der Waals surface area contributed by atoms with Crippen LogP contribution in [0.15, 0.2) is 70.5 Å². The summed E-state index contributed by atoms with van der Waals surface area (Å²) in [6.45, 7) is 0.219. The smallest absolute Gasteiger partial charge is 0.330 e. The first-order chi connectivity index (χ1) is 12.6. The van der Waals surface area contributed by atoms with Crippen LogP contribution >= 0.6 is 0 Å². The molecule has 7 heteroatoms. The number of pyridine rings is 2. The molecule has 0 unspecified atom stereocenters. The Balaban J connectivity index is 1.96. The number of para-hydroxylation sites is 1. The van der Waals surface area contributed by atoms with Gasteiger partial charge in [-0.15, -0.1) is 0 Å². The first-order valence-corrected chi connectivity index (χ1v) is 7.94. The van der Waals surface area contributed by atoms with Gasteiger partial charge in [0.2, 0.25) is 0 Å². The highest BCUT2D eigenvalue weighted by atomic mass is 16.3. The Morgan fingerprint density at radius 1 is 1.04 bits per heavy atom. The summed E-state index contributed by atoms with van der Waals surface area (Å²) in [4.78, 5) is 35.4. The Hall–Kier alpha value is -3.74. The van der Waals surface area contributed by atoms with Crippen LogP contribution in [0.2, 0.25) is 0 Å². The van der Waals surface area contributed by atoms with Crippen molar-refractivity contribution in [3.63, 3.8) is 0 Å². The lowest BCUT2D eigenvalue weighted by atomic mass is 10.1. The van der Waals surface area contributed by atoms with Gasteiger partial charge in [0, 0.05) is 18.0 Å². The van der Waals surface area contributed by atoms with E-state index in [9.17, 15) is 14.7 Å². The van der Waals surface area contributed by atoms with E-state index < -0.39 is 11.2 Å². The lowest BCUT2D eigenvalue weighted by molar-refractivity contribution is 0.477. The standard InChI is InChI=1S/C19H14N4O3/c24-16-6-2-1-5-13(16)15-8-7-14-17(21-15)23(19(26)22-18(14)25)11-12-4-3-9-20-10-12/h1-10,24H,11H2,(H,22,25,26). The normalized spacial score (nSPS) is 10.9. The van der Waals surface area contributed by atoms with Crippen molar-refractivity contribution in [3.05, 3.63) is 87.3 Å². The Bertz CT molecular complexity index is 1210. The van der Waals surface area contributed by atoms with Gasteiger partial charge in [-0.3, -0.25) is 19.3 Å². The molecular formula is C19H14N4O3. The number of phenolic OH excluding ortho intramolecular Hbond substituents is 1. The van der Waals surface area contributed by atoms with Gasteiger partial charge < -0.3 is 5.11 Å². The second kappa shape index (κ2) is 6.29. The zero-order chi connectivity index (χ0) is 18.1. The van der Waals surface area contributed by atoms with Crippen molar-refractivity contribution in [2.75, 3.05) is 0 Å². The summed E-state index contributed by atoms with van der Waals surface area (Å²) in [6, 6.07) is 13.6. The van der Waals surface area contributed by atoms with E-state index in [2.05, 4.69) is 15.0 Å². The Labute approximate surface area is 147 Å². The van der Waals surface area contributed by atoms with Crippen LogP contribution in [0, 0.1) is 0 Å². The zero-order valence-electron chi connectivity index (χ0n) is 13.6. The van der Waals surface area contributed by atoms with Crippen LogP contribution in [-0.4, -0.2) is 24.6 Å². The molecule has 0 fully saturated rings. The van der Waals surface area contributed by atoms with Gasteiger partial charge in [0.05, 0.1) is 17.6 Å². The number of hydrogen-bond acceptors (Lipinski definition) is 5. The van der Waals surface area contributed by atoms with Gasteiger partial charge in [-0.25, -0.2) is 9.78 Å². The van der Waals surface area contributed by atoms with Gasteiger partial charge in [0.15, 0.2) is 5.65 Å². The molecular weight excluding hydrogens is 332 g/mol. The average molecular weight is 346 g/mol. The molecule has 3 heterocycles. The first-order valence-electron chi connectivity index (χ1n) is 7.94. The fourth-order valence-electron chi connectivity index (χ4n) is 2.82. The number of nitrogens with zero attached hydrogens (tertiary/aromatic N) is 3. The second-order valence-electron chi connectivity index (χ2n) is 5.79. The minimum Gasteiger partial charge on any atom is -0.507 e. The number of aromatic nitrogens is 4. The van der Waals surface area contributed by atoms with Gasteiger partial charge in [-0.05, 0) is 35.9 Å². The zero-order valence-corrected chi connectivity index (χ0v) is 13.6. The third-order valence-electron chi connectivity index (χ3n) is 4.08. The number of aromatic amines is 1. The summed E-state index contributed by atoms with van der Waals surface area (Å²) < 4.78 is 1.39. The van der Waals surface area contributed by atoms with Crippen molar-refractivity contribution in [3.8, 4) is 17.0 Å². The quantitative estimate of drug-likeness (QED) is 0.590. The lowest BCUT2D eigenvalue weighted by Crippen LogP contribution is -2.31. The van der Waals surface area contributed by atoms with Crippen LogP contribution < -0.4 is 11.2 Å². The molecule has 3 aromatic heterocycles. The van der Waals surface area contributed by atoms with Gasteiger partial charge in [-0.2, -0.15) is 0 Å². The molecule has 4 rings (SSSR count). The van der Waals surface area contributed by atoms with Crippen molar-refractivity contribution in [1.29, 1.82) is 0 Å².